The highest BCUT2D eigenvalue weighted by atomic mass is 16.7. The Kier molecular flexibility index (Phi) is 4.66. The second-order valence-corrected chi connectivity index (χ2v) is 6.88. The van der Waals surface area contributed by atoms with Gasteiger partial charge in [-0.15, -0.1) is 0 Å². The van der Waals surface area contributed by atoms with Gasteiger partial charge < -0.3 is 24.1 Å². The summed E-state index contributed by atoms with van der Waals surface area (Å²) in [5, 5.41) is 11.4. The van der Waals surface area contributed by atoms with E-state index in [-0.39, 0.29) is 12.4 Å². The molecule has 2 atom stereocenters. The fraction of sp³-hybridized carbons (Fsp3) is 0.381. The first kappa shape index (κ1) is 17.7. The van der Waals surface area contributed by atoms with Crippen LogP contribution in [0.4, 0.5) is 0 Å². The molecule has 1 N–H and O–H groups in total. The minimum atomic E-state index is -1.83. The summed E-state index contributed by atoms with van der Waals surface area (Å²) in [5.74, 6) is -1.14. The molecule has 1 aliphatic carbocycles. The summed E-state index contributed by atoms with van der Waals surface area (Å²) < 4.78 is 21.2. The van der Waals surface area contributed by atoms with Crippen molar-refractivity contribution in [3.63, 3.8) is 0 Å². The van der Waals surface area contributed by atoms with E-state index in [0.717, 1.165) is 19.3 Å². The van der Waals surface area contributed by atoms with Crippen molar-refractivity contribution >= 4 is 5.97 Å². The third kappa shape index (κ3) is 3.21. The van der Waals surface area contributed by atoms with Gasteiger partial charge in [0.1, 0.15) is 17.6 Å². The number of benzene rings is 1. The van der Waals surface area contributed by atoms with Crippen LogP contribution in [0.5, 0.6) is 5.75 Å². The monoisotopic (exact) mass is 370 g/mol. The highest BCUT2D eigenvalue weighted by molar-refractivity contribution is 5.97. The summed E-state index contributed by atoms with van der Waals surface area (Å²) in [5.41, 5.74) is 1.27. The van der Waals surface area contributed by atoms with Crippen LogP contribution in [0.15, 0.2) is 59.6 Å². The van der Waals surface area contributed by atoms with Crippen molar-refractivity contribution < 1.29 is 28.8 Å². The van der Waals surface area contributed by atoms with Gasteiger partial charge in [0.15, 0.2) is 5.76 Å². The van der Waals surface area contributed by atoms with Crippen LogP contribution in [0.25, 0.3) is 0 Å². The van der Waals surface area contributed by atoms with Gasteiger partial charge in [-0.05, 0) is 55.9 Å². The first-order chi connectivity index (χ1) is 13.1. The Morgan fingerprint density at radius 2 is 2.07 bits per heavy atom. The van der Waals surface area contributed by atoms with Gasteiger partial charge in [-0.2, -0.15) is 0 Å². The predicted molar refractivity (Wildman–Crippen MR) is 96.2 cm³/mol. The van der Waals surface area contributed by atoms with Gasteiger partial charge in [-0.1, -0.05) is 12.2 Å². The number of ether oxygens (including phenoxy) is 4. The fourth-order valence-corrected chi connectivity index (χ4v) is 3.78. The molecule has 2 heterocycles. The largest absolute Gasteiger partial charge is 0.497 e. The minimum absolute atomic E-state index is 0.0481. The summed E-state index contributed by atoms with van der Waals surface area (Å²) in [7, 11) is 1.57. The maximum Gasteiger partial charge on any atom is 0.345 e. The molecule has 0 saturated carbocycles. The zero-order chi connectivity index (χ0) is 18.9. The van der Waals surface area contributed by atoms with Crippen molar-refractivity contribution in [3.05, 3.63) is 65.1 Å². The Morgan fingerprint density at radius 3 is 2.70 bits per heavy atom. The van der Waals surface area contributed by atoms with Gasteiger partial charge in [0.25, 0.3) is 5.79 Å². The molecule has 142 valence electrons. The summed E-state index contributed by atoms with van der Waals surface area (Å²) in [6.07, 6.45) is 9.13. The van der Waals surface area contributed by atoms with Gasteiger partial charge in [0.2, 0.25) is 6.79 Å². The molecule has 2 unspecified atom stereocenters. The van der Waals surface area contributed by atoms with Crippen LogP contribution in [-0.4, -0.2) is 25.0 Å². The Bertz CT molecular complexity index is 820. The number of methoxy groups -OCH3 is 1. The smallest absolute Gasteiger partial charge is 0.345 e. The molecule has 1 aromatic rings. The van der Waals surface area contributed by atoms with Gasteiger partial charge in [-0.25, -0.2) is 4.79 Å². The van der Waals surface area contributed by atoms with E-state index in [1.165, 1.54) is 6.26 Å². The van der Waals surface area contributed by atoms with E-state index < -0.39 is 11.8 Å². The van der Waals surface area contributed by atoms with Crippen molar-refractivity contribution in [2.75, 3.05) is 13.9 Å². The van der Waals surface area contributed by atoms with E-state index in [2.05, 4.69) is 12.2 Å². The SMILES string of the molecule is COc1ccc(C2(O)OC(=O)C(C3=COCO3)=C2CC2CC=CCC2)cc1. The quantitative estimate of drug-likeness (QED) is 0.633. The zero-order valence-corrected chi connectivity index (χ0v) is 15.1. The molecule has 6 heteroatoms. The lowest BCUT2D eigenvalue weighted by Gasteiger charge is -2.28. The molecule has 0 aromatic heterocycles. The Labute approximate surface area is 157 Å². The molecule has 3 aliphatic rings. The maximum atomic E-state index is 12.7. The highest BCUT2D eigenvalue weighted by Crippen LogP contribution is 2.46. The number of esters is 1. The standard InChI is InChI=1S/C21H22O6/c1-24-16-9-7-15(8-10-16)21(23)17(11-14-5-3-2-4-6-14)19(20(22)27-21)18-12-25-13-26-18/h2-3,7-10,12,14,23H,4-6,11,13H2,1H3. The molecular weight excluding hydrogens is 348 g/mol. The molecule has 0 spiro atoms. The van der Waals surface area contributed by atoms with Crippen molar-refractivity contribution in [2.45, 2.75) is 31.5 Å². The number of carbonyl (C=O) groups is 1. The summed E-state index contributed by atoms with van der Waals surface area (Å²) in [6.45, 7) is 0.0481. The van der Waals surface area contributed by atoms with Crippen molar-refractivity contribution in [2.24, 2.45) is 5.92 Å². The van der Waals surface area contributed by atoms with E-state index in [9.17, 15) is 9.90 Å². The van der Waals surface area contributed by atoms with Crippen LogP contribution in [0.2, 0.25) is 0 Å². The van der Waals surface area contributed by atoms with Gasteiger partial charge >= 0.3 is 5.97 Å². The molecule has 2 aliphatic heterocycles. The lowest BCUT2D eigenvalue weighted by molar-refractivity contribution is -0.186. The molecule has 27 heavy (non-hydrogen) atoms. The molecular formula is C21H22O6. The van der Waals surface area contributed by atoms with Crippen LogP contribution >= 0.6 is 0 Å². The molecule has 0 radical (unpaired) electrons. The normalized spacial score (nSPS) is 27.1. The first-order valence-corrected chi connectivity index (χ1v) is 9.05. The first-order valence-electron chi connectivity index (χ1n) is 9.05. The number of rotatable bonds is 5. The minimum Gasteiger partial charge on any atom is -0.497 e. The van der Waals surface area contributed by atoms with Crippen molar-refractivity contribution in [1.29, 1.82) is 0 Å². The molecule has 0 amide bonds. The number of hydrogen-bond donors (Lipinski definition) is 1. The van der Waals surface area contributed by atoms with Gasteiger partial charge in [-0.3, -0.25) is 0 Å². The van der Waals surface area contributed by atoms with Crippen LogP contribution < -0.4 is 4.74 Å². The van der Waals surface area contributed by atoms with Crippen LogP contribution in [-0.2, 0) is 24.8 Å². The molecule has 4 rings (SSSR count). The molecule has 0 saturated heterocycles. The number of aliphatic hydroxyl groups is 1. The predicted octanol–water partition coefficient (Wildman–Crippen LogP) is 3.29. The second kappa shape index (κ2) is 7.12. The average molecular weight is 370 g/mol. The van der Waals surface area contributed by atoms with E-state index in [1.54, 1.807) is 31.4 Å². The summed E-state index contributed by atoms with van der Waals surface area (Å²) in [4.78, 5) is 12.7. The molecule has 0 fully saturated rings. The van der Waals surface area contributed by atoms with Crippen molar-refractivity contribution in [3.8, 4) is 5.75 Å². The maximum absolute atomic E-state index is 12.7. The fourth-order valence-electron chi connectivity index (χ4n) is 3.78. The molecule has 6 nitrogen and oxygen atoms in total. The van der Waals surface area contributed by atoms with E-state index in [4.69, 9.17) is 18.9 Å². The number of allylic oxidation sites excluding steroid dienone is 2. The van der Waals surface area contributed by atoms with Crippen LogP contribution in [0, 0.1) is 5.92 Å². The Morgan fingerprint density at radius 1 is 1.26 bits per heavy atom. The average Bonchev–Trinajstić information content (AvgIpc) is 3.30. The van der Waals surface area contributed by atoms with Crippen LogP contribution in [0.1, 0.15) is 31.2 Å². The van der Waals surface area contributed by atoms with Crippen LogP contribution in [0.3, 0.4) is 0 Å². The molecule has 0 bridgehead atoms. The lowest BCUT2D eigenvalue weighted by atomic mass is 9.82. The Balaban J connectivity index is 1.76. The third-order valence-corrected chi connectivity index (χ3v) is 5.23. The Hall–Kier alpha value is -2.73. The zero-order valence-electron chi connectivity index (χ0n) is 15.1. The van der Waals surface area contributed by atoms with E-state index in [0.29, 0.717) is 35.0 Å². The topological polar surface area (TPSA) is 74.2 Å². The lowest BCUT2D eigenvalue weighted by Crippen LogP contribution is -2.30. The highest BCUT2D eigenvalue weighted by Gasteiger charge is 2.50. The van der Waals surface area contributed by atoms with E-state index in [1.807, 2.05) is 0 Å². The number of cyclic esters (lactones) is 1. The summed E-state index contributed by atoms with van der Waals surface area (Å²) >= 11 is 0. The third-order valence-electron chi connectivity index (χ3n) is 5.23. The summed E-state index contributed by atoms with van der Waals surface area (Å²) in [6, 6.07) is 6.87. The number of carbonyl (C=O) groups excluding carboxylic acids is 1. The van der Waals surface area contributed by atoms with Gasteiger partial charge in [0, 0.05) is 11.1 Å². The van der Waals surface area contributed by atoms with Crippen molar-refractivity contribution in [1.82, 2.24) is 0 Å². The second-order valence-electron chi connectivity index (χ2n) is 6.88. The molecule has 1 aromatic carbocycles. The van der Waals surface area contributed by atoms with Gasteiger partial charge in [0.05, 0.1) is 7.11 Å². The number of hydrogen-bond acceptors (Lipinski definition) is 6. The van der Waals surface area contributed by atoms with E-state index >= 15 is 0 Å².